The third-order valence-electron chi connectivity index (χ3n) is 2.06. The summed E-state index contributed by atoms with van der Waals surface area (Å²) in [6, 6.07) is 4.81. The van der Waals surface area contributed by atoms with E-state index in [2.05, 4.69) is 9.89 Å². The number of benzene rings is 1. The zero-order chi connectivity index (χ0) is 12.8. The van der Waals surface area contributed by atoms with E-state index in [1.807, 2.05) is 0 Å². The molecule has 1 aromatic rings. The Labute approximate surface area is 97.6 Å². The van der Waals surface area contributed by atoms with Crippen LogP contribution >= 0.6 is 0 Å². The van der Waals surface area contributed by atoms with Crippen molar-refractivity contribution in [2.75, 3.05) is 7.11 Å². The minimum absolute atomic E-state index is 0.00500. The average molecular weight is 239 g/mol. The first-order chi connectivity index (χ1) is 8.08. The van der Waals surface area contributed by atoms with Crippen molar-refractivity contribution < 1.29 is 19.5 Å². The van der Waals surface area contributed by atoms with Crippen molar-refractivity contribution in [2.45, 2.75) is 6.61 Å². The van der Waals surface area contributed by atoms with Gasteiger partial charge >= 0.3 is 6.09 Å². The lowest BCUT2D eigenvalue weighted by Crippen LogP contribution is -2.15. The standard InChI is InChI=1S/C10H13N3O4/c1-16-8-4-6(9(11)13-15)2-3-7(8)5-17-10(12)14/h2-4,15H,5H2,1H3,(H2,11,13)(H2,12,14). The highest BCUT2D eigenvalue weighted by Gasteiger charge is 2.08. The highest BCUT2D eigenvalue weighted by Crippen LogP contribution is 2.21. The Morgan fingerprint density at radius 1 is 1.47 bits per heavy atom. The zero-order valence-corrected chi connectivity index (χ0v) is 9.21. The first-order valence-corrected chi connectivity index (χ1v) is 4.65. The van der Waals surface area contributed by atoms with Crippen LogP contribution in [0.2, 0.25) is 0 Å². The van der Waals surface area contributed by atoms with Gasteiger partial charge in [-0.25, -0.2) is 4.79 Å². The van der Waals surface area contributed by atoms with Crippen LogP contribution in [0.5, 0.6) is 5.75 Å². The van der Waals surface area contributed by atoms with E-state index >= 15 is 0 Å². The van der Waals surface area contributed by atoms with Crippen LogP contribution in [-0.2, 0) is 11.3 Å². The van der Waals surface area contributed by atoms with E-state index in [-0.39, 0.29) is 12.4 Å². The van der Waals surface area contributed by atoms with Gasteiger partial charge in [0.2, 0.25) is 0 Å². The molecule has 1 amide bonds. The average Bonchev–Trinajstić information content (AvgIpc) is 2.34. The molecular formula is C10H13N3O4. The van der Waals surface area contributed by atoms with Crippen LogP contribution < -0.4 is 16.2 Å². The smallest absolute Gasteiger partial charge is 0.404 e. The summed E-state index contributed by atoms with van der Waals surface area (Å²) in [5.41, 5.74) is 11.4. The fourth-order valence-corrected chi connectivity index (χ4v) is 1.23. The number of hydrogen-bond acceptors (Lipinski definition) is 5. The van der Waals surface area contributed by atoms with E-state index in [1.54, 1.807) is 18.2 Å². The van der Waals surface area contributed by atoms with Crippen LogP contribution in [0.25, 0.3) is 0 Å². The number of nitrogens with zero attached hydrogens (tertiary/aromatic N) is 1. The molecule has 7 nitrogen and oxygen atoms in total. The molecule has 0 unspecified atom stereocenters. The molecule has 0 aromatic heterocycles. The second-order valence-corrected chi connectivity index (χ2v) is 3.12. The van der Waals surface area contributed by atoms with Gasteiger partial charge in [-0.3, -0.25) is 0 Å². The molecule has 0 bridgehead atoms. The third-order valence-corrected chi connectivity index (χ3v) is 2.06. The van der Waals surface area contributed by atoms with Crippen molar-refractivity contribution >= 4 is 11.9 Å². The lowest BCUT2D eigenvalue weighted by atomic mass is 10.1. The molecule has 0 saturated carbocycles. The van der Waals surface area contributed by atoms with E-state index in [9.17, 15) is 4.79 Å². The van der Waals surface area contributed by atoms with Crippen LogP contribution in [-0.4, -0.2) is 24.2 Å². The summed E-state index contributed by atoms with van der Waals surface area (Å²) in [6.45, 7) is -0.00500. The van der Waals surface area contributed by atoms with Crippen LogP contribution in [0.3, 0.4) is 0 Å². The van der Waals surface area contributed by atoms with Crippen molar-refractivity contribution in [3.63, 3.8) is 0 Å². The molecule has 0 aliphatic carbocycles. The van der Waals surface area contributed by atoms with Gasteiger partial charge in [0.1, 0.15) is 12.4 Å². The quantitative estimate of drug-likeness (QED) is 0.303. The predicted molar refractivity (Wildman–Crippen MR) is 59.9 cm³/mol. The lowest BCUT2D eigenvalue weighted by Gasteiger charge is -2.09. The Morgan fingerprint density at radius 3 is 2.71 bits per heavy atom. The molecule has 0 aliphatic rings. The zero-order valence-electron chi connectivity index (χ0n) is 9.21. The molecule has 1 rings (SSSR count). The summed E-state index contributed by atoms with van der Waals surface area (Å²) in [7, 11) is 1.46. The summed E-state index contributed by atoms with van der Waals surface area (Å²) in [5.74, 6) is 0.418. The van der Waals surface area contributed by atoms with Crippen molar-refractivity contribution in [1.29, 1.82) is 0 Å². The normalized spacial score (nSPS) is 11.0. The number of rotatable bonds is 4. The number of nitrogens with two attached hydrogens (primary N) is 2. The largest absolute Gasteiger partial charge is 0.496 e. The van der Waals surface area contributed by atoms with Crippen molar-refractivity contribution in [2.24, 2.45) is 16.6 Å². The Bertz CT molecular complexity index is 445. The van der Waals surface area contributed by atoms with Gasteiger partial charge in [0.05, 0.1) is 7.11 Å². The van der Waals surface area contributed by atoms with Crippen LogP contribution in [0.1, 0.15) is 11.1 Å². The number of ether oxygens (including phenoxy) is 2. The summed E-state index contributed by atoms with van der Waals surface area (Å²) < 4.78 is 9.73. The van der Waals surface area contributed by atoms with Crippen LogP contribution in [0.15, 0.2) is 23.4 Å². The SMILES string of the molecule is COc1cc(C(N)=NO)ccc1COC(N)=O. The molecule has 0 radical (unpaired) electrons. The molecule has 0 aliphatic heterocycles. The number of oxime groups is 1. The molecule has 0 saturated heterocycles. The van der Waals surface area contributed by atoms with E-state index in [4.69, 9.17) is 21.4 Å². The monoisotopic (exact) mass is 239 g/mol. The number of methoxy groups -OCH3 is 1. The molecule has 7 heteroatoms. The molecule has 0 atom stereocenters. The lowest BCUT2D eigenvalue weighted by molar-refractivity contribution is 0.149. The molecule has 0 spiro atoms. The summed E-state index contributed by atoms with van der Waals surface area (Å²) in [6.07, 6.45) is -0.868. The molecule has 17 heavy (non-hydrogen) atoms. The fraction of sp³-hybridized carbons (Fsp3) is 0.200. The van der Waals surface area contributed by atoms with Gasteiger partial charge in [0, 0.05) is 11.1 Å². The minimum atomic E-state index is -0.868. The molecule has 92 valence electrons. The van der Waals surface area contributed by atoms with Crippen molar-refractivity contribution in [3.8, 4) is 5.75 Å². The van der Waals surface area contributed by atoms with Gasteiger partial charge in [-0.15, -0.1) is 0 Å². The topological polar surface area (TPSA) is 120 Å². The number of amides is 1. The summed E-state index contributed by atoms with van der Waals surface area (Å²) >= 11 is 0. The van der Waals surface area contributed by atoms with Gasteiger partial charge in [0.15, 0.2) is 5.84 Å². The molecule has 0 heterocycles. The number of amidine groups is 1. The fourth-order valence-electron chi connectivity index (χ4n) is 1.23. The van der Waals surface area contributed by atoms with Gasteiger partial charge in [-0.2, -0.15) is 0 Å². The van der Waals surface area contributed by atoms with E-state index < -0.39 is 6.09 Å². The predicted octanol–water partition coefficient (Wildman–Crippen LogP) is 0.385. The highest BCUT2D eigenvalue weighted by molar-refractivity contribution is 5.97. The van der Waals surface area contributed by atoms with E-state index in [0.717, 1.165) is 0 Å². The maximum absolute atomic E-state index is 10.5. The number of hydrogen-bond donors (Lipinski definition) is 3. The second kappa shape index (κ2) is 5.59. The summed E-state index contributed by atoms with van der Waals surface area (Å²) in [5, 5.41) is 11.4. The summed E-state index contributed by atoms with van der Waals surface area (Å²) in [4.78, 5) is 10.5. The first-order valence-electron chi connectivity index (χ1n) is 4.65. The van der Waals surface area contributed by atoms with Crippen LogP contribution in [0, 0.1) is 0 Å². The van der Waals surface area contributed by atoms with Gasteiger partial charge in [-0.05, 0) is 6.07 Å². The minimum Gasteiger partial charge on any atom is -0.496 e. The molecule has 1 aromatic carbocycles. The van der Waals surface area contributed by atoms with Gasteiger partial charge < -0.3 is 26.1 Å². The third kappa shape index (κ3) is 3.26. The first kappa shape index (κ1) is 12.6. The van der Waals surface area contributed by atoms with E-state index in [1.165, 1.54) is 7.11 Å². The molecular weight excluding hydrogens is 226 g/mol. The van der Waals surface area contributed by atoms with Crippen molar-refractivity contribution in [1.82, 2.24) is 0 Å². The van der Waals surface area contributed by atoms with Crippen LogP contribution in [0.4, 0.5) is 4.79 Å². The number of primary amides is 1. The van der Waals surface area contributed by atoms with Crippen molar-refractivity contribution in [3.05, 3.63) is 29.3 Å². The Morgan fingerprint density at radius 2 is 2.18 bits per heavy atom. The van der Waals surface area contributed by atoms with Gasteiger partial charge in [0.25, 0.3) is 0 Å². The maximum Gasteiger partial charge on any atom is 0.404 e. The molecule has 0 fully saturated rings. The maximum atomic E-state index is 10.5. The Balaban J connectivity index is 2.97. The number of carbonyl (C=O) groups is 1. The van der Waals surface area contributed by atoms with Gasteiger partial charge in [-0.1, -0.05) is 17.3 Å². The Kier molecular flexibility index (Phi) is 4.15. The number of carbonyl (C=O) groups excluding carboxylic acids is 1. The molecule has 5 N–H and O–H groups in total. The van der Waals surface area contributed by atoms with E-state index in [0.29, 0.717) is 16.9 Å². The second-order valence-electron chi connectivity index (χ2n) is 3.12. The highest BCUT2D eigenvalue weighted by atomic mass is 16.5. The Hall–Kier alpha value is -2.44.